The van der Waals surface area contributed by atoms with E-state index in [1.807, 2.05) is 30.3 Å². The van der Waals surface area contributed by atoms with Crippen LogP contribution in [0.2, 0.25) is 0 Å². The molecule has 41 heavy (non-hydrogen) atoms. The molecule has 0 bridgehead atoms. The van der Waals surface area contributed by atoms with Crippen LogP contribution in [0.15, 0.2) is 48.8 Å². The molecule has 3 amide bonds. The van der Waals surface area contributed by atoms with Crippen LogP contribution in [0.5, 0.6) is 0 Å². The zero-order valence-electron chi connectivity index (χ0n) is 25.1. The molecule has 1 aromatic heterocycles. The number of likely N-dealkylation sites (N-methyl/N-ethyl adjacent to an activating group) is 1. The molecule has 0 unspecified atom stereocenters. The number of carbonyl (C=O) groups excluding carboxylic acids is 3. The Balaban J connectivity index is 1.54. The lowest BCUT2D eigenvalue weighted by atomic mass is 9.79. The molecule has 2 aromatic rings. The third-order valence-corrected chi connectivity index (χ3v) is 8.90. The summed E-state index contributed by atoms with van der Waals surface area (Å²) in [6.45, 7) is 6.99. The van der Waals surface area contributed by atoms with Crippen LogP contribution in [0, 0.1) is 11.8 Å². The number of hydrogen-bond donors (Lipinski definition) is 3. The molecule has 8 heteroatoms. The topological polar surface area (TPSA) is 117 Å². The number of carbonyl (C=O) groups is 3. The van der Waals surface area contributed by atoms with E-state index >= 15 is 0 Å². The summed E-state index contributed by atoms with van der Waals surface area (Å²) in [5.41, 5.74) is 9.56. The van der Waals surface area contributed by atoms with Gasteiger partial charge in [0, 0.05) is 44.9 Å². The van der Waals surface area contributed by atoms with E-state index in [1.165, 1.54) is 19.3 Å². The van der Waals surface area contributed by atoms with E-state index < -0.39 is 18.1 Å². The minimum absolute atomic E-state index is 0.106. The van der Waals surface area contributed by atoms with Crippen molar-refractivity contribution in [1.82, 2.24) is 20.5 Å². The maximum absolute atomic E-state index is 13.9. The second-order valence-corrected chi connectivity index (χ2v) is 12.8. The minimum atomic E-state index is -0.749. The number of nitrogens with one attached hydrogen (secondary N) is 2. The first kappa shape index (κ1) is 30.7. The third kappa shape index (κ3) is 7.73. The van der Waals surface area contributed by atoms with Crippen LogP contribution in [0.3, 0.4) is 0 Å². The van der Waals surface area contributed by atoms with Gasteiger partial charge in [-0.25, -0.2) is 0 Å². The molecule has 1 aliphatic heterocycles. The van der Waals surface area contributed by atoms with Crippen LogP contribution >= 0.6 is 0 Å². The molecule has 4 atom stereocenters. The minimum Gasteiger partial charge on any atom is -0.357 e. The average molecular weight is 562 g/mol. The monoisotopic (exact) mass is 561 g/mol. The number of pyridine rings is 1. The first-order valence-corrected chi connectivity index (χ1v) is 15.1. The molecule has 2 aliphatic rings. The van der Waals surface area contributed by atoms with Gasteiger partial charge >= 0.3 is 0 Å². The molecule has 4 N–H and O–H groups in total. The van der Waals surface area contributed by atoms with Gasteiger partial charge in [-0.15, -0.1) is 0 Å². The number of benzene rings is 1. The molecule has 1 aliphatic carbocycles. The Morgan fingerprint density at radius 3 is 2.37 bits per heavy atom. The maximum atomic E-state index is 13.9. The maximum Gasteiger partial charge on any atom is 0.243 e. The van der Waals surface area contributed by atoms with E-state index in [1.54, 1.807) is 24.3 Å². The van der Waals surface area contributed by atoms with Crippen molar-refractivity contribution in [2.75, 3.05) is 13.6 Å². The van der Waals surface area contributed by atoms with Crippen LogP contribution in [-0.2, 0) is 26.2 Å². The van der Waals surface area contributed by atoms with Gasteiger partial charge in [-0.05, 0) is 52.5 Å². The van der Waals surface area contributed by atoms with Crippen molar-refractivity contribution in [3.8, 4) is 0 Å². The SMILES string of the molecule is CNC(=O)[C@H](Cc1ccncc1)NC(=O)[C@@H]1C[C@@H](C2CCCCC2)CN1C(=O)C[C@H](N)c1ccccc1C(C)(C)C. The number of likely N-dealkylation sites (tertiary alicyclic amines) is 1. The molecule has 8 nitrogen and oxygen atoms in total. The number of amides is 3. The molecule has 1 saturated heterocycles. The number of hydrogen-bond acceptors (Lipinski definition) is 5. The molecule has 1 saturated carbocycles. The third-order valence-electron chi connectivity index (χ3n) is 8.90. The quantitative estimate of drug-likeness (QED) is 0.427. The Morgan fingerprint density at radius 2 is 1.71 bits per heavy atom. The summed E-state index contributed by atoms with van der Waals surface area (Å²) in [4.78, 5) is 46.3. The molecule has 0 radical (unpaired) electrons. The summed E-state index contributed by atoms with van der Waals surface area (Å²) >= 11 is 0. The summed E-state index contributed by atoms with van der Waals surface area (Å²) in [7, 11) is 1.56. The van der Waals surface area contributed by atoms with Crippen LogP contribution in [0.1, 0.15) is 88.4 Å². The van der Waals surface area contributed by atoms with Gasteiger partial charge in [-0.3, -0.25) is 19.4 Å². The Hall–Kier alpha value is -3.26. The van der Waals surface area contributed by atoms with E-state index in [-0.39, 0.29) is 35.5 Å². The number of nitrogens with two attached hydrogens (primary N) is 1. The predicted molar refractivity (Wildman–Crippen MR) is 161 cm³/mol. The molecular weight excluding hydrogens is 514 g/mol. The van der Waals surface area contributed by atoms with E-state index in [0.717, 1.165) is 29.5 Å². The van der Waals surface area contributed by atoms with E-state index in [9.17, 15) is 14.4 Å². The lowest BCUT2D eigenvalue weighted by molar-refractivity contribution is -0.139. The van der Waals surface area contributed by atoms with Gasteiger partial charge in [-0.2, -0.15) is 0 Å². The van der Waals surface area contributed by atoms with Crippen molar-refractivity contribution in [2.24, 2.45) is 17.6 Å². The average Bonchev–Trinajstić information content (AvgIpc) is 3.43. The van der Waals surface area contributed by atoms with Gasteiger partial charge in [0.2, 0.25) is 17.7 Å². The Labute approximate surface area is 244 Å². The molecule has 4 rings (SSSR count). The summed E-state index contributed by atoms with van der Waals surface area (Å²) < 4.78 is 0. The number of nitrogens with zero attached hydrogens (tertiary/aromatic N) is 2. The lowest BCUT2D eigenvalue weighted by Crippen LogP contribution is -2.53. The van der Waals surface area contributed by atoms with Gasteiger partial charge < -0.3 is 21.3 Å². The van der Waals surface area contributed by atoms with Crippen LogP contribution < -0.4 is 16.4 Å². The van der Waals surface area contributed by atoms with Crippen LogP contribution in [0.25, 0.3) is 0 Å². The largest absolute Gasteiger partial charge is 0.357 e. The summed E-state index contributed by atoms with van der Waals surface area (Å²) in [5, 5.41) is 5.65. The highest BCUT2D eigenvalue weighted by molar-refractivity contribution is 5.92. The van der Waals surface area contributed by atoms with Gasteiger partial charge in [0.25, 0.3) is 0 Å². The number of aromatic nitrogens is 1. The number of rotatable bonds is 9. The van der Waals surface area contributed by atoms with Crippen molar-refractivity contribution < 1.29 is 14.4 Å². The smallest absolute Gasteiger partial charge is 0.243 e. The van der Waals surface area contributed by atoms with Gasteiger partial charge in [0.05, 0.1) is 0 Å². The molecule has 1 aromatic carbocycles. The van der Waals surface area contributed by atoms with E-state index in [2.05, 4.69) is 42.5 Å². The first-order chi connectivity index (χ1) is 19.6. The molecule has 2 fully saturated rings. The zero-order chi connectivity index (χ0) is 29.6. The fourth-order valence-corrected chi connectivity index (χ4v) is 6.66. The molecule has 222 valence electrons. The van der Waals surface area contributed by atoms with Crippen molar-refractivity contribution in [1.29, 1.82) is 0 Å². The standard InChI is InChI=1S/C33H47N5O3/c1-33(2,3)26-13-9-8-12-25(26)27(34)20-30(39)38-21-24(23-10-6-5-7-11-23)19-29(38)32(41)37-28(31(40)35-4)18-22-14-16-36-17-15-22/h8-9,12-17,23-24,27-29H,5-7,10-11,18-21,34H2,1-4H3,(H,35,40)(H,37,41)/t24-,27+,28+,29+/m1/s1. The Kier molecular flexibility index (Phi) is 10.2. The fraction of sp³-hybridized carbons (Fsp3) is 0.576. The first-order valence-electron chi connectivity index (χ1n) is 15.1. The molecular formula is C33H47N5O3. The van der Waals surface area contributed by atoms with Gasteiger partial charge in [-0.1, -0.05) is 77.1 Å². The normalized spacial score (nSPS) is 21.2. The Morgan fingerprint density at radius 1 is 1.02 bits per heavy atom. The molecule has 0 spiro atoms. The van der Waals surface area contributed by atoms with E-state index in [0.29, 0.717) is 25.3 Å². The second-order valence-electron chi connectivity index (χ2n) is 12.8. The predicted octanol–water partition coefficient (Wildman–Crippen LogP) is 4.04. The lowest BCUT2D eigenvalue weighted by Gasteiger charge is -2.29. The highest BCUT2D eigenvalue weighted by Gasteiger charge is 2.43. The van der Waals surface area contributed by atoms with E-state index in [4.69, 9.17) is 5.73 Å². The van der Waals surface area contributed by atoms with Crippen molar-refractivity contribution in [3.63, 3.8) is 0 Å². The van der Waals surface area contributed by atoms with Crippen LogP contribution in [0.4, 0.5) is 0 Å². The van der Waals surface area contributed by atoms with Crippen LogP contribution in [-0.4, -0.2) is 53.3 Å². The Bertz CT molecular complexity index is 1190. The van der Waals surface area contributed by atoms with Crippen molar-refractivity contribution in [2.45, 2.75) is 95.7 Å². The summed E-state index contributed by atoms with van der Waals surface area (Å²) in [6, 6.07) is 9.88. The highest BCUT2D eigenvalue weighted by atomic mass is 16.2. The summed E-state index contributed by atoms with van der Waals surface area (Å²) in [5.74, 6) is 0.134. The molecule has 2 heterocycles. The van der Waals surface area contributed by atoms with Crippen molar-refractivity contribution >= 4 is 17.7 Å². The van der Waals surface area contributed by atoms with Gasteiger partial charge in [0.1, 0.15) is 12.1 Å². The highest BCUT2D eigenvalue weighted by Crippen LogP contribution is 2.38. The zero-order valence-corrected chi connectivity index (χ0v) is 25.1. The van der Waals surface area contributed by atoms with Gasteiger partial charge in [0.15, 0.2) is 0 Å². The summed E-state index contributed by atoms with van der Waals surface area (Å²) in [6.07, 6.45) is 10.4. The fourth-order valence-electron chi connectivity index (χ4n) is 6.66. The van der Waals surface area contributed by atoms with Crippen molar-refractivity contribution in [3.05, 3.63) is 65.5 Å². The second kappa shape index (κ2) is 13.6.